The molecule has 43 heavy (non-hydrogen) atoms. The number of fused-ring (bicyclic) bond motifs is 3. The zero-order valence-electron chi connectivity index (χ0n) is 26.5. The third-order valence-corrected chi connectivity index (χ3v) is 8.55. The fourth-order valence-electron chi connectivity index (χ4n) is 6.10. The first-order valence-electron chi connectivity index (χ1n) is 15.4. The van der Waals surface area contributed by atoms with Gasteiger partial charge in [0.1, 0.15) is 29.5 Å². The summed E-state index contributed by atoms with van der Waals surface area (Å²) in [5.41, 5.74) is 4.37. The zero-order valence-corrected chi connectivity index (χ0v) is 26.5. The minimum atomic E-state index is -0.336. The average Bonchev–Trinajstić information content (AvgIpc) is 2.96. The van der Waals surface area contributed by atoms with Gasteiger partial charge in [0.2, 0.25) is 5.91 Å². The van der Waals surface area contributed by atoms with Crippen LogP contribution in [0.25, 0.3) is 0 Å². The monoisotopic (exact) mass is 593 g/mol. The number of carbonyl (C=O) groups is 1. The molecule has 234 valence electrons. The van der Waals surface area contributed by atoms with Gasteiger partial charge in [-0.25, -0.2) is 0 Å². The summed E-state index contributed by atoms with van der Waals surface area (Å²) in [7, 11) is 1.60. The number of rotatable bonds is 10. The van der Waals surface area contributed by atoms with Gasteiger partial charge in [-0.1, -0.05) is 5.57 Å². The molecule has 9 heteroatoms. The molecule has 1 amide bonds. The van der Waals surface area contributed by atoms with Crippen molar-refractivity contribution in [2.24, 2.45) is 5.92 Å². The Kier molecular flexibility index (Phi) is 9.84. The second kappa shape index (κ2) is 13.6. The smallest absolute Gasteiger partial charge is 0.238 e. The minimum absolute atomic E-state index is 0.0273. The summed E-state index contributed by atoms with van der Waals surface area (Å²) in [4.78, 5) is 14.9. The standard InChI is InChI=1S/C34H47N3O6/c1-22(2)11-14-41-30-19-26-31(43-34(4,5)27-9-7-23(3)42-33(26)27)17-24(30)20-35-25-8-10-29(39-6)28(18-25)36-32(38)21-37-12-15-40-16-13-37/h8,10-11,17-19,23,27,33,35H,7,9,12-16,20-21H2,1-6H3,(H,36,38)/t23-,27-,33+/m0/s1. The van der Waals surface area contributed by atoms with Crippen LogP contribution in [0.1, 0.15) is 64.7 Å². The Morgan fingerprint density at radius 2 is 1.91 bits per heavy atom. The number of hydrogen-bond acceptors (Lipinski definition) is 8. The molecule has 3 heterocycles. The van der Waals surface area contributed by atoms with E-state index in [1.807, 2.05) is 18.2 Å². The lowest BCUT2D eigenvalue weighted by atomic mass is 9.75. The molecule has 0 bridgehead atoms. The molecule has 3 aliphatic rings. The summed E-state index contributed by atoms with van der Waals surface area (Å²) >= 11 is 0. The molecular formula is C34H47N3O6. The van der Waals surface area contributed by atoms with Gasteiger partial charge in [-0.15, -0.1) is 0 Å². The van der Waals surface area contributed by atoms with Crippen LogP contribution in [-0.2, 0) is 20.8 Å². The van der Waals surface area contributed by atoms with Crippen molar-refractivity contribution in [2.75, 3.05) is 57.2 Å². The molecule has 3 aliphatic heterocycles. The van der Waals surface area contributed by atoms with E-state index in [9.17, 15) is 4.79 Å². The van der Waals surface area contributed by atoms with E-state index in [1.54, 1.807) is 7.11 Å². The van der Waals surface area contributed by atoms with E-state index < -0.39 is 0 Å². The normalized spacial score (nSPS) is 22.8. The third-order valence-electron chi connectivity index (χ3n) is 8.55. The van der Waals surface area contributed by atoms with Gasteiger partial charge >= 0.3 is 0 Å². The highest BCUT2D eigenvalue weighted by molar-refractivity contribution is 5.94. The summed E-state index contributed by atoms with van der Waals surface area (Å²) in [5.74, 6) is 2.45. The largest absolute Gasteiger partial charge is 0.495 e. The predicted octanol–water partition coefficient (Wildman–Crippen LogP) is 5.95. The van der Waals surface area contributed by atoms with E-state index in [0.717, 1.165) is 54.2 Å². The number of allylic oxidation sites excluding steroid dienone is 1. The summed E-state index contributed by atoms with van der Waals surface area (Å²) in [6.07, 6.45) is 4.36. The molecule has 3 atom stereocenters. The number of hydrogen-bond donors (Lipinski definition) is 2. The maximum Gasteiger partial charge on any atom is 0.238 e. The molecule has 0 aromatic heterocycles. The maximum absolute atomic E-state index is 12.8. The maximum atomic E-state index is 12.8. The van der Waals surface area contributed by atoms with Crippen LogP contribution in [0.3, 0.4) is 0 Å². The summed E-state index contributed by atoms with van der Waals surface area (Å²) < 4.78 is 30.4. The Morgan fingerprint density at radius 3 is 2.65 bits per heavy atom. The Balaban J connectivity index is 1.37. The number of ether oxygens (including phenoxy) is 5. The van der Waals surface area contributed by atoms with Crippen molar-refractivity contribution < 1.29 is 28.5 Å². The van der Waals surface area contributed by atoms with Gasteiger partial charge in [0, 0.05) is 42.4 Å². The van der Waals surface area contributed by atoms with Crippen LogP contribution >= 0.6 is 0 Å². The number of nitrogens with one attached hydrogen (secondary N) is 2. The number of amides is 1. The lowest BCUT2D eigenvalue weighted by molar-refractivity contribution is -0.144. The van der Waals surface area contributed by atoms with Crippen molar-refractivity contribution in [3.63, 3.8) is 0 Å². The van der Waals surface area contributed by atoms with Crippen LogP contribution in [0.2, 0.25) is 0 Å². The van der Waals surface area contributed by atoms with Crippen LogP contribution in [0, 0.1) is 5.92 Å². The lowest BCUT2D eigenvalue weighted by Crippen LogP contribution is -2.48. The second-order valence-corrected chi connectivity index (χ2v) is 12.6. The first-order chi connectivity index (χ1) is 20.6. The molecule has 2 aromatic rings. The Labute approximate surface area is 255 Å². The highest BCUT2D eigenvalue weighted by Gasteiger charge is 2.47. The quantitative estimate of drug-likeness (QED) is 0.327. The van der Waals surface area contributed by atoms with E-state index in [0.29, 0.717) is 44.3 Å². The number of nitrogens with zero attached hydrogens (tertiary/aromatic N) is 1. The molecule has 2 N–H and O–H groups in total. The van der Waals surface area contributed by atoms with Crippen molar-refractivity contribution in [3.05, 3.63) is 53.1 Å². The molecule has 2 saturated heterocycles. The Hall–Kier alpha value is -3.27. The fraction of sp³-hybridized carbons (Fsp3) is 0.559. The van der Waals surface area contributed by atoms with E-state index >= 15 is 0 Å². The Morgan fingerprint density at radius 1 is 1.12 bits per heavy atom. The topological polar surface area (TPSA) is 90.5 Å². The predicted molar refractivity (Wildman–Crippen MR) is 168 cm³/mol. The van der Waals surface area contributed by atoms with Crippen LogP contribution in [0.5, 0.6) is 17.2 Å². The number of benzene rings is 2. The summed E-state index contributed by atoms with van der Waals surface area (Å²) in [6.45, 7) is 14.7. The second-order valence-electron chi connectivity index (χ2n) is 12.6. The van der Waals surface area contributed by atoms with Crippen LogP contribution in [0.4, 0.5) is 11.4 Å². The van der Waals surface area contributed by atoms with E-state index in [1.165, 1.54) is 5.57 Å². The van der Waals surface area contributed by atoms with Gasteiger partial charge in [0.15, 0.2) is 0 Å². The molecule has 9 nitrogen and oxygen atoms in total. The first-order valence-corrected chi connectivity index (χ1v) is 15.4. The minimum Gasteiger partial charge on any atom is -0.495 e. The average molecular weight is 594 g/mol. The highest BCUT2D eigenvalue weighted by atomic mass is 16.5. The van der Waals surface area contributed by atoms with Gasteiger partial charge < -0.3 is 34.3 Å². The first kappa shape index (κ1) is 31.2. The molecule has 0 saturated carbocycles. The summed E-state index contributed by atoms with van der Waals surface area (Å²) in [5, 5.41) is 6.55. The van der Waals surface area contributed by atoms with Gasteiger partial charge in [0.05, 0.1) is 44.8 Å². The molecular weight excluding hydrogens is 546 g/mol. The van der Waals surface area contributed by atoms with Crippen LogP contribution < -0.4 is 24.8 Å². The van der Waals surface area contributed by atoms with Crippen molar-refractivity contribution in [1.29, 1.82) is 0 Å². The SMILES string of the molecule is COc1ccc(NCc2cc3c(cc2OCC=C(C)C)[C@H]2O[C@@H](C)CC[C@@H]2C(C)(C)O3)cc1NC(=O)CN1CCOCC1. The number of anilines is 2. The van der Waals surface area contributed by atoms with Gasteiger partial charge in [-0.2, -0.15) is 0 Å². The highest BCUT2D eigenvalue weighted by Crippen LogP contribution is 2.52. The number of morpholine rings is 1. The molecule has 0 radical (unpaired) electrons. The molecule has 0 aliphatic carbocycles. The summed E-state index contributed by atoms with van der Waals surface area (Å²) in [6, 6.07) is 9.91. The van der Waals surface area contributed by atoms with Gasteiger partial charge in [0.25, 0.3) is 0 Å². The number of carbonyl (C=O) groups excluding carboxylic acids is 1. The van der Waals surface area contributed by atoms with Crippen molar-refractivity contribution in [2.45, 2.75) is 71.8 Å². The molecule has 2 aromatic carbocycles. The van der Waals surface area contributed by atoms with E-state index in [4.69, 9.17) is 23.7 Å². The zero-order chi connectivity index (χ0) is 30.6. The van der Waals surface area contributed by atoms with Crippen molar-refractivity contribution >= 4 is 17.3 Å². The van der Waals surface area contributed by atoms with Gasteiger partial charge in [-0.3, -0.25) is 9.69 Å². The van der Waals surface area contributed by atoms with Crippen molar-refractivity contribution in [3.8, 4) is 17.2 Å². The molecule has 2 fully saturated rings. The van der Waals surface area contributed by atoms with Gasteiger partial charge in [-0.05, 0) is 83.9 Å². The van der Waals surface area contributed by atoms with Crippen molar-refractivity contribution in [1.82, 2.24) is 4.90 Å². The fourth-order valence-corrected chi connectivity index (χ4v) is 6.10. The Bertz CT molecular complexity index is 1320. The van der Waals surface area contributed by atoms with E-state index in [2.05, 4.69) is 68.4 Å². The van der Waals surface area contributed by atoms with E-state index in [-0.39, 0.29) is 29.6 Å². The molecule has 0 spiro atoms. The molecule has 0 unspecified atom stereocenters. The van der Waals surface area contributed by atoms with Crippen LogP contribution in [-0.4, -0.2) is 69.1 Å². The third kappa shape index (κ3) is 7.63. The number of methoxy groups -OCH3 is 1. The lowest BCUT2D eigenvalue weighted by Gasteiger charge is -2.48. The van der Waals surface area contributed by atoms with Crippen LogP contribution in [0.15, 0.2) is 42.0 Å². The molecule has 5 rings (SSSR count).